The lowest BCUT2D eigenvalue weighted by Gasteiger charge is -2.17. The van der Waals surface area contributed by atoms with Crippen LogP contribution in [0.1, 0.15) is 16.7 Å². The molecule has 0 N–H and O–H groups in total. The third-order valence-electron chi connectivity index (χ3n) is 3.52. The minimum Gasteiger partial charge on any atom is -0.207 e. The molecule has 2 aromatic carbocycles. The molecule has 0 spiro atoms. The molecule has 0 amide bonds. The Hall–Kier alpha value is -1.17. The van der Waals surface area contributed by atoms with E-state index < -0.39 is 10.0 Å². The van der Waals surface area contributed by atoms with Crippen LogP contribution in [0.2, 0.25) is 0 Å². The summed E-state index contributed by atoms with van der Waals surface area (Å²) in [6, 6.07) is 13.2. The SMILES string of the molecule is Cc1ccc(S(=O)(=O)N2Cc3ccccc3C2)c(Br)c1. The van der Waals surface area contributed by atoms with Crippen molar-refractivity contribution in [2.45, 2.75) is 24.9 Å². The molecule has 3 nitrogen and oxygen atoms in total. The van der Waals surface area contributed by atoms with Gasteiger partial charge in [0.25, 0.3) is 0 Å². The Labute approximate surface area is 127 Å². The Morgan fingerprint density at radius 1 is 1.05 bits per heavy atom. The molecule has 20 heavy (non-hydrogen) atoms. The Morgan fingerprint density at radius 2 is 1.65 bits per heavy atom. The number of rotatable bonds is 2. The zero-order chi connectivity index (χ0) is 14.3. The van der Waals surface area contributed by atoms with E-state index in [0.29, 0.717) is 22.5 Å². The number of nitrogens with zero attached hydrogens (tertiary/aromatic N) is 1. The molecule has 0 aromatic heterocycles. The summed E-state index contributed by atoms with van der Waals surface area (Å²) in [5.41, 5.74) is 3.19. The van der Waals surface area contributed by atoms with E-state index in [1.165, 1.54) is 4.31 Å². The highest BCUT2D eigenvalue weighted by Crippen LogP contribution is 2.31. The van der Waals surface area contributed by atoms with Gasteiger partial charge in [-0.3, -0.25) is 0 Å². The van der Waals surface area contributed by atoms with E-state index in [1.54, 1.807) is 6.07 Å². The molecule has 3 rings (SSSR count). The lowest BCUT2D eigenvalue weighted by molar-refractivity contribution is 0.431. The highest BCUT2D eigenvalue weighted by molar-refractivity contribution is 9.10. The van der Waals surface area contributed by atoms with E-state index in [0.717, 1.165) is 16.7 Å². The molecule has 2 aromatic rings. The largest absolute Gasteiger partial charge is 0.244 e. The molecule has 0 atom stereocenters. The first-order valence-electron chi connectivity index (χ1n) is 6.31. The molecule has 0 aliphatic carbocycles. The summed E-state index contributed by atoms with van der Waals surface area (Å²) in [6.07, 6.45) is 0. The summed E-state index contributed by atoms with van der Waals surface area (Å²) in [6.45, 7) is 2.82. The van der Waals surface area contributed by atoms with Crippen LogP contribution in [0.3, 0.4) is 0 Å². The first kappa shape index (κ1) is 13.8. The number of aryl methyl sites for hydroxylation is 1. The van der Waals surface area contributed by atoms with Gasteiger partial charge in [0, 0.05) is 17.6 Å². The number of hydrogen-bond donors (Lipinski definition) is 0. The van der Waals surface area contributed by atoms with E-state index in [1.807, 2.05) is 43.3 Å². The van der Waals surface area contributed by atoms with E-state index in [2.05, 4.69) is 15.9 Å². The van der Waals surface area contributed by atoms with Gasteiger partial charge in [-0.05, 0) is 51.7 Å². The van der Waals surface area contributed by atoms with Gasteiger partial charge in [0.2, 0.25) is 10.0 Å². The fourth-order valence-electron chi connectivity index (χ4n) is 2.43. The lowest BCUT2D eigenvalue weighted by atomic mass is 10.1. The van der Waals surface area contributed by atoms with Gasteiger partial charge >= 0.3 is 0 Å². The first-order valence-corrected chi connectivity index (χ1v) is 8.55. The van der Waals surface area contributed by atoms with Crippen LogP contribution in [-0.2, 0) is 23.1 Å². The Kier molecular flexibility index (Phi) is 3.44. The fraction of sp³-hybridized carbons (Fsp3) is 0.200. The van der Waals surface area contributed by atoms with Crippen molar-refractivity contribution < 1.29 is 8.42 Å². The molecule has 1 aliphatic heterocycles. The molecule has 0 unspecified atom stereocenters. The average molecular weight is 352 g/mol. The van der Waals surface area contributed by atoms with Gasteiger partial charge in [-0.2, -0.15) is 4.31 Å². The summed E-state index contributed by atoms with van der Waals surface area (Å²) in [4.78, 5) is 0.330. The van der Waals surface area contributed by atoms with Crippen LogP contribution >= 0.6 is 15.9 Å². The van der Waals surface area contributed by atoms with Crippen LogP contribution in [0.25, 0.3) is 0 Å². The first-order chi connectivity index (χ1) is 9.48. The van der Waals surface area contributed by atoms with Crippen molar-refractivity contribution in [3.63, 3.8) is 0 Å². The predicted molar refractivity (Wildman–Crippen MR) is 81.8 cm³/mol. The van der Waals surface area contributed by atoms with Crippen molar-refractivity contribution in [3.8, 4) is 0 Å². The second-order valence-electron chi connectivity index (χ2n) is 4.98. The third kappa shape index (κ3) is 2.30. The standard InChI is InChI=1S/C15H14BrNO2S/c1-11-6-7-15(14(16)8-11)20(18,19)17-9-12-4-2-3-5-13(12)10-17/h2-8H,9-10H2,1H3. The summed E-state index contributed by atoms with van der Waals surface area (Å²) < 4.78 is 27.6. The molecule has 0 radical (unpaired) electrons. The molecule has 0 saturated carbocycles. The van der Waals surface area contributed by atoms with Crippen molar-refractivity contribution in [3.05, 3.63) is 63.6 Å². The second-order valence-corrected chi connectivity index (χ2v) is 7.74. The quantitative estimate of drug-likeness (QED) is 0.830. The summed E-state index contributed by atoms with van der Waals surface area (Å²) >= 11 is 3.36. The van der Waals surface area contributed by atoms with Crippen LogP contribution in [0.5, 0.6) is 0 Å². The van der Waals surface area contributed by atoms with Gasteiger partial charge in [-0.25, -0.2) is 8.42 Å². The van der Waals surface area contributed by atoms with E-state index in [-0.39, 0.29) is 0 Å². The Balaban J connectivity index is 1.99. The zero-order valence-corrected chi connectivity index (χ0v) is 13.4. The lowest BCUT2D eigenvalue weighted by Crippen LogP contribution is -2.26. The molecule has 5 heteroatoms. The Bertz CT molecular complexity index is 746. The van der Waals surface area contributed by atoms with Crippen LogP contribution < -0.4 is 0 Å². The van der Waals surface area contributed by atoms with Gasteiger partial charge in [0.05, 0.1) is 4.90 Å². The van der Waals surface area contributed by atoms with Crippen LogP contribution in [0, 0.1) is 6.92 Å². The van der Waals surface area contributed by atoms with Crippen LogP contribution in [0.15, 0.2) is 51.8 Å². The topological polar surface area (TPSA) is 37.4 Å². The summed E-state index contributed by atoms with van der Waals surface area (Å²) in [5, 5.41) is 0. The smallest absolute Gasteiger partial charge is 0.207 e. The van der Waals surface area contributed by atoms with Gasteiger partial charge < -0.3 is 0 Å². The number of sulfonamides is 1. The van der Waals surface area contributed by atoms with Crippen molar-refractivity contribution >= 4 is 26.0 Å². The van der Waals surface area contributed by atoms with Crippen molar-refractivity contribution in [2.75, 3.05) is 0 Å². The summed E-state index contributed by atoms with van der Waals surface area (Å²) in [5.74, 6) is 0. The van der Waals surface area contributed by atoms with E-state index >= 15 is 0 Å². The minimum absolute atomic E-state index is 0.330. The molecular weight excluding hydrogens is 338 g/mol. The van der Waals surface area contributed by atoms with Gasteiger partial charge in [0.1, 0.15) is 0 Å². The maximum atomic E-state index is 12.7. The number of halogens is 1. The van der Waals surface area contributed by atoms with Gasteiger partial charge in [-0.15, -0.1) is 0 Å². The molecule has 0 saturated heterocycles. The maximum absolute atomic E-state index is 12.7. The molecule has 0 fully saturated rings. The second kappa shape index (κ2) is 4.98. The molecule has 104 valence electrons. The minimum atomic E-state index is -3.47. The fourth-order valence-corrected chi connectivity index (χ4v) is 4.97. The monoisotopic (exact) mass is 351 g/mol. The van der Waals surface area contributed by atoms with Crippen molar-refractivity contribution in [2.24, 2.45) is 0 Å². The number of fused-ring (bicyclic) bond motifs is 1. The predicted octanol–water partition coefficient (Wildman–Crippen LogP) is 3.46. The number of benzene rings is 2. The molecule has 1 heterocycles. The zero-order valence-electron chi connectivity index (χ0n) is 11.0. The Morgan fingerprint density at radius 3 is 2.20 bits per heavy atom. The van der Waals surface area contributed by atoms with Crippen molar-refractivity contribution in [1.29, 1.82) is 0 Å². The maximum Gasteiger partial charge on any atom is 0.244 e. The van der Waals surface area contributed by atoms with Crippen LogP contribution in [-0.4, -0.2) is 12.7 Å². The summed E-state index contributed by atoms with van der Waals surface area (Å²) in [7, 11) is -3.47. The normalized spacial score (nSPS) is 15.3. The van der Waals surface area contributed by atoms with Crippen LogP contribution in [0.4, 0.5) is 0 Å². The molecular formula is C15H14BrNO2S. The highest BCUT2D eigenvalue weighted by Gasteiger charge is 2.31. The van der Waals surface area contributed by atoms with E-state index in [9.17, 15) is 8.42 Å². The van der Waals surface area contributed by atoms with Crippen molar-refractivity contribution in [1.82, 2.24) is 4.31 Å². The molecule has 0 bridgehead atoms. The van der Waals surface area contributed by atoms with E-state index in [4.69, 9.17) is 0 Å². The average Bonchev–Trinajstić information content (AvgIpc) is 2.82. The molecule has 1 aliphatic rings. The van der Waals surface area contributed by atoms with Gasteiger partial charge in [0.15, 0.2) is 0 Å². The highest BCUT2D eigenvalue weighted by atomic mass is 79.9. The van der Waals surface area contributed by atoms with Gasteiger partial charge in [-0.1, -0.05) is 30.3 Å². The third-order valence-corrected chi connectivity index (χ3v) is 6.29. The number of hydrogen-bond acceptors (Lipinski definition) is 2.